The molecule has 24 heavy (non-hydrogen) atoms. The number of aliphatic hydroxyl groups excluding tert-OH is 2. The Morgan fingerprint density at radius 1 is 1.21 bits per heavy atom. The van der Waals surface area contributed by atoms with Gasteiger partial charge in [0, 0.05) is 42.1 Å². The van der Waals surface area contributed by atoms with Crippen molar-refractivity contribution in [3.8, 4) is 0 Å². The number of nitrogens with zero attached hydrogens (tertiary/aromatic N) is 2. The highest BCUT2D eigenvalue weighted by atomic mass is 16.3. The monoisotopic (exact) mass is 326 g/mol. The lowest BCUT2D eigenvalue weighted by Crippen LogP contribution is -2.72. The molecule has 1 aromatic rings. The molecular weight excluding hydrogens is 300 g/mol. The number of hydrogen-bond acceptors (Lipinski definition) is 4. The van der Waals surface area contributed by atoms with E-state index >= 15 is 0 Å². The van der Waals surface area contributed by atoms with Crippen LogP contribution in [0.15, 0.2) is 24.3 Å². The van der Waals surface area contributed by atoms with Crippen molar-refractivity contribution in [3.63, 3.8) is 0 Å². The Morgan fingerprint density at radius 3 is 2.79 bits per heavy atom. The van der Waals surface area contributed by atoms with E-state index in [1.807, 2.05) is 0 Å². The van der Waals surface area contributed by atoms with E-state index in [0.29, 0.717) is 35.9 Å². The van der Waals surface area contributed by atoms with Crippen molar-refractivity contribution < 1.29 is 10.2 Å². The number of para-hydroxylation sites is 1. The molecule has 0 amide bonds. The van der Waals surface area contributed by atoms with E-state index < -0.39 is 0 Å². The standard InChI is InChI=1S/C20H26N2O2/c1-3-10-11-8-14-17-20(12-6-4-5-7-13(12)21(17)2)9-15(16(11)18(20)23)22(14)19(10)24/h4-7,10-11,14-19,23-24H,3,8-9H2,1-2H3/t10-,11-,14-,15-,16?,17-,18?,19+,20+/m0/s1. The Bertz CT molecular complexity index is 723. The number of hydrogen-bond donors (Lipinski definition) is 2. The molecule has 5 heterocycles. The molecule has 2 N–H and O–H groups in total. The maximum Gasteiger partial charge on any atom is 0.111 e. The van der Waals surface area contributed by atoms with Gasteiger partial charge in [-0.25, -0.2) is 0 Å². The van der Waals surface area contributed by atoms with Gasteiger partial charge in [-0.3, -0.25) is 4.90 Å². The zero-order valence-corrected chi connectivity index (χ0v) is 14.3. The average Bonchev–Trinajstić information content (AvgIpc) is 2.97. The summed E-state index contributed by atoms with van der Waals surface area (Å²) >= 11 is 0. The SMILES string of the molecule is CC[C@H]1[C@@H]2C[C@H]3[C@@H]4N(C)c5ccccc5[C@]45C[C@@H](C2C5O)N3[C@@H]1O. The number of aliphatic hydroxyl groups is 2. The third-order valence-corrected chi connectivity index (χ3v) is 8.46. The molecule has 7 rings (SSSR count). The minimum absolute atomic E-state index is 0.126. The van der Waals surface area contributed by atoms with E-state index in [2.05, 4.69) is 48.0 Å². The molecule has 0 aromatic heterocycles. The summed E-state index contributed by atoms with van der Waals surface area (Å²) in [5, 5.41) is 22.6. The van der Waals surface area contributed by atoms with Crippen LogP contribution < -0.4 is 4.90 Å². The van der Waals surface area contributed by atoms with Gasteiger partial charge in [-0.2, -0.15) is 0 Å². The number of rotatable bonds is 1. The normalized spacial score (nSPS) is 55.8. The zero-order chi connectivity index (χ0) is 16.4. The van der Waals surface area contributed by atoms with Crippen LogP contribution in [-0.4, -0.2) is 52.6 Å². The smallest absolute Gasteiger partial charge is 0.111 e. The van der Waals surface area contributed by atoms with E-state index in [9.17, 15) is 10.2 Å². The number of fused-ring (bicyclic) bond motifs is 2. The van der Waals surface area contributed by atoms with Crippen LogP contribution in [0.5, 0.6) is 0 Å². The number of piperidine rings is 4. The summed E-state index contributed by atoms with van der Waals surface area (Å²) in [6.45, 7) is 2.19. The van der Waals surface area contributed by atoms with Crippen LogP contribution in [0.3, 0.4) is 0 Å². The minimum atomic E-state index is -0.319. The summed E-state index contributed by atoms with van der Waals surface area (Å²) in [6, 6.07) is 9.70. The molecule has 5 aliphatic heterocycles. The second-order valence-corrected chi connectivity index (χ2v) is 8.81. The van der Waals surface area contributed by atoms with E-state index in [0.717, 1.165) is 19.3 Å². The molecule has 3 unspecified atom stereocenters. The van der Waals surface area contributed by atoms with Crippen molar-refractivity contribution in [2.45, 2.75) is 62.1 Å². The van der Waals surface area contributed by atoms with E-state index in [1.165, 1.54) is 11.3 Å². The Balaban J connectivity index is 1.60. The third kappa shape index (κ3) is 1.20. The van der Waals surface area contributed by atoms with Gasteiger partial charge in [0.15, 0.2) is 0 Å². The molecule has 1 saturated carbocycles. The number of benzene rings is 1. The number of likely N-dealkylation sites (N-methyl/N-ethyl adjacent to an activating group) is 1. The highest BCUT2D eigenvalue weighted by Crippen LogP contribution is 2.68. The van der Waals surface area contributed by atoms with Crippen LogP contribution in [-0.2, 0) is 5.41 Å². The zero-order valence-electron chi connectivity index (χ0n) is 14.3. The summed E-state index contributed by atoms with van der Waals surface area (Å²) in [6.07, 6.45) is 2.56. The first-order valence-corrected chi connectivity index (χ1v) is 9.57. The first-order valence-electron chi connectivity index (χ1n) is 9.57. The maximum atomic E-state index is 11.6. The van der Waals surface area contributed by atoms with Crippen LogP contribution in [0, 0.1) is 17.8 Å². The van der Waals surface area contributed by atoms with E-state index in [-0.39, 0.29) is 17.7 Å². The van der Waals surface area contributed by atoms with Crippen molar-refractivity contribution in [1.82, 2.24) is 4.90 Å². The third-order valence-electron chi connectivity index (χ3n) is 8.46. The Morgan fingerprint density at radius 2 is 2.00 bits per heavy atom. The average molecular weight is 326 g/mol. The Labute approximate surface area is 143 Å². The summed E-state index contributed by atoms with van der Waals surface area (Å²) in [5.74, 6) is 1.14. The van der Waals surface area contributed by atoms with Crippen LogP contribution in [0.4, 0.5) is 5.69 Å². The molecule has 128 valence electrons. The highest BCUT2D eigenvalue weighted by Gasteiger charge is 2.76. The Hall–Kier alpha value is -1.10. The second-order valence-electron chi connectivity index (χ2n) is 8.81. The van der Waals surface area contributed by atoms with Gasteiger partial charge in [0.2, 0.25) is 0 Å². The first-order chi connectivity index (χ1) is 11.6. The summed E-state index contributed by atoms with van der Waals surface area (Å²) in [5.41, 5.74) is 2.51. The van der Waals surface area contributed by atoms with Crippen molar-refractivity contribution >= 4 is 5.69 Å². The largest absolute Gasteiger partial charge is 0.392 e. The summed E-state index contributed by atoms with van der Waals surface area (Å²) in [4.78, 5) is 4.83. The molecule has 4 saturated heterocycles. The topological polar surface area (TPSA) is 46.9 Å². The molecule has 1 aliphatic carbocycles. The summed E-state index contributed by atoms with van der Waals surface area (Å²) < 4.78 is 0. The fraction of sp³-hybridized carbons (Fsp3) is 0.700. The highest BCUT2D eigenvalue weighted by molar-refractivity contribution is 5.67. The molecule has 1 spiro atoms. The van der Waals surface area contributed by atoms with Gasteiger partial charge in [-0.1, -0.05) is 25.1 Å². The van der Waals surface area contributed by atoms with Crippen LogP contribution in [0.2, 0.25) is 0 Å². The van der Waals surface area contributed by atoms with Crippen LogP contribution in [0.25, 0.3) is 0 Å². The molecule has 6 aliphatic rings. The predicted molar refractivity (Wildman–Crippen MR) is 91.7 cm³/mol. The maximum absolute atomic E-state index is 11.6. The Kier molecular flexibility index (Phi) is 2.45. The predicted octanol–water partition coefficient (Wildman–Crippen LogP) is 1.55. The molecular formula is C20H26N2O2. The molecule has 5 fully saturated rings. The van der Waals surface area contributed by atoms with Crippen molar-refractivity contribution in [1.29, 1.82) is 0 Å². The lowest BCUT2D eigenvalue weighted by Gasteiger charge is -2.62. The van der Waals surface area contributed by atoms with Gasteiger partial charge in [-0.05, 0) is 36.8 Å². The van der Waals surface area contributed by atoms with Gasteiger partial charge >= 0.3 is 0 Å². The lowest BCUT2D eigenvalue weighted by atomic mass is 9.62. The van der Waals surface area contributed by atoms with Crippen molar-refractivity contribution in [3.05, 3.63) is 29.8 Å². The van der Waals surface area contributed by atoms with Gasteiger partial charge in [0.1, 0.15) is 6.23 Å². The molecule has 4 nitrogen and oxygen atoms in total. The molecule has 5 bridgehead atoms. The minimum Gasteiger partial charge on any atom is -0.392 e. The number of anilines is 1. The molecule has 4 heteroatoms. The molecule has 1 aromatic carbocycles. The van der Waals surface area contributed by atoms with Crippen LogP contribution in [0.1, 0.15) is 31.7 Å². The van der Waals surface area contributed by atoms with Gasteiger partial charge < -0.3 is 15.1 Å². The lowest BCUT2D eigenvalue weighted by molar-refractivity contribution is -0.211. The quantitative estimate of drug-likeness (QED) is 0.822. The summed E-state index contributed by atoms with van der Waals surface area (Å²) in [7, 11) is 2.19. The van der Waals surface area contributed by atoms with Gasteiger partial charge in [-0.15, -0.1) is 0 Å². The van der Waals surface area contributed by atoms with Gasteiger partial charge in [0.05, 0.1) is 12.1 Å². The fourth-order valence-electron chi connectivity index (χ4n) is 7.88. The second kappa shape index (κ2) is 4.17. The van der Waals surface area contributed by atoms with Crippen molar-refractivity contribution in [2.24, 2.45) is 17.8 Å². The first kappa shape index (κ1) is 14.1. The molecule has 10 atom stereocenters. The van der Waals surface area contributed by atoms with Crippen LogP contribution >= 0.6 is 0 Å². The van der Waals surface area contributed by atoms with Gasteiger partial charge in [0.25, 0.3) is 0 Å². The fourth-order valence-corrected chi connectivity index (χ4v) is 7.88. The van der Waals surface area contributed by atoms with E-state index in [1.54, 1.807) is 0 Å². The van der Waals surface area contributed by atoms with Crippen molar-refractivity contribution in [2.75, 3.05) is 11.9 Å². The molecule has 0 radical (unpaired) electrons. The van der Waals surface area contributed by atoms with E-state index in [4.69, 9.17) is 0 Å².